The molecule has 24 heavy (non-hydrogen) atoms. The van der Waals surface area contributed by atoms with E-state index in [9.17, 15) is 9.18 Å². The molecule has 1 unspecified atom stereocenters. The highest BCUT2D eigenvalue weighted by Gasteiger charge is 2.24. The number of nitrogens with zero attached hydrogens (tertiary/aromatic N) is 3. The van der Waals surface area contributed by atoms with Gasteiger partial charge in [-0.15, -0.1) is 0 Å². The van der Waals surface area contributed by atoms with Gasteiger partial charge in [0.05, 0.1) is 12.7 Å². The molecule has 2 heterocycles. The Morgan fingerprint density at radius 2 is 2.33 bits per heavy atom. The van der Waals surface area contributed by atoms with Crippen molar-refractivity contribution in [3.63, 3.8) is 0 Å². The zero-order chi connectivity index (χ0) is 16.9. The number of hydrogen-bond donors (Lipinski definition) is 0. The fourth-order valence-corrected chi connectivity index (χ4v) is 3.04. The molecule has 128 valence electrons. The monoisotopic (exact) mass is 331 g/mol. The predicted octanol–water partition coefficient (Wildman–Crippen LogP) is 2.05. The summed E-state index contributed by atoms with van der Waals surface area (Å²) < 4.78 is 20.9. The Bertz CT molecular complexity index is 701. The van der Waals surface area contributed by atoms with Crippen LogP contribution in [0.5, 0.6) is 0 Å². The highest BCUT2D eigenvalue weighted by molar-refractivity contribution is 5.76. The number of benzene rings is 1. The van der Waals surface area contributed by atoms with Crippen LogP contribution in [-0.2, 0) is 28.9 Å². The van der Waals surface area contributed by atoms with Crippen molar-refractivity contribution in [1.82, 2.24) is 14.5 Å². The smallest absolute Gasteiger partial charge is 0.242 e. The van der Waals surface area contributed by atoms with Crippen LogP contribution in [-0.4, -0.2) is 46.2 Å². The van der Waals surface area contributed by atoms with Crippen LogP contribution in [0.2, 0.25) is 0 Å². The molecule has 1 aliphatic heterocycles. The first kappa shape index (κ1) is 16.6. The first-order valence-corrected chi connectivity index (χ1v) is 8.29. The van der Waals surface area contributed by atoms with Crippen LogP contribution >= 0.6 is 0 Å². The van der Waals surface area contributed by atoms with Crippen LogP contribution in [0.3, 0.4) is 0 Å². The number of carbonyl (C=O) groups is 1. The fourth-order valence-electron chi connectivity index (χ4n) is 3.04. The Morgan fingerprint density at radius 3 is 3.12 bits per heavy atom. The van der Waals surface area contributed by atoms with Crippen LogP contribution < -0.4 is 0 Å². The number of rotatable bonds is 5. The third-order valence-electron chi connectivity index (χ3n) is 4.27. The van der Waals surface area contributed by atoms with Crippen LogP contribution in [0.15, 0.2) is 36.7 Å². The van der Waals surface area contributed by atoms with Gasteiger partial charge in [0.1, 0.15) is 18.2 Å². The summed E-state index contributed by atoms with van der Waals surface area (Å²) in [5.74, 6) is 0.728. The molecule has 1 fully saturated rings. The van der Waals surface area contributed by atoms with E-state index in [4.69, 9.17) is 4.74 Å². The van der Waals surface area contributed by atoms with Crippen molar-refractivity contribution < 1.29 is 13.9 Å². The minimum Gasteiger partial charge on any atom is -0.374 e. The van der Waals surface area contributed by atoms with Gasteiger partial charge in [0.2, 0.25) is 5.91 Å². The summed E-state index contributed by atoms with van der Waals surface area (Å²) in [5, 5.41) is 0. The second-order valence-electron chi connectivity index (χ2n) is 5.99. The van der Waals surface area contributed by atoms with Gasteiger partial charge >= 0.3 is 0 Å². The average Bonchev–Trinajstić information content (AvgIpc) is 3.02. The highest BCUT2D eigenvalue weighted by atomic mass is 19.1. The highest BCUT2D eigenvalue weighted by Crippen LogP contribution is 2.14. The quantitative estimate of drug-likeness (QED) is 0.842. The van der Waals surface area contributed by atoms with E-state index in [0.717, 1.165) is 17.8 Å². The van der Waals surface area contributed by atoms with Crippen LogP contribution in [0, 0.1) is 5.82 Å². The standard InChI is InChI=1S/C18H22FN3O2/c1-2-17-20-6-7-21(17)13-18(23)22-8-9-24-16(12-22)11-14-4-3-5-15(19)10-14/h3-7,10,16H,2,8-9,11-13H2,1H3. The lowest BCUT2D eigenvalue weighted by atomic mass is 10.1. The lowest BCUT2D eigenvalue weighted by Gasteiger charge is -2.33. The van der Waals surface area contributed by atoms with E-state index in [1.54, 1.807) is 12.3 Å². The summed E-state index contributed by atoms with van der Waals surface area (Å²) >= 11 is 0. The van der Waals surface area contributed by atoms with Crippen LogP contribution in [0.25, 0.3) is 0 Å². The number of aryl methyl sites for hydroxylation is 1. The normalized spacial score (nSPS) is 17.9. The van der Waals surface area contributed by atoms with E-state index in [0.29, 0.717) is 32.7 Å². The van der Waals surface area contributed by atoms with Crippen molar-refractivity contribution in [3.05, 3.63) is 53.9 Å². The minimum atomic E-state index is -0.247. The molecule has 2 aromatic rings. The van der Waals surface area contributed by atoms with E-state index in [2.05, 4.69) is 4.98 Å². The molecule has 5 nitrogen and oxygen atoms in total. The topological polar surface area (TPSA) is 47.4 Å². The van der Waals surface area contributed by atoms with Crippen molar-refractivity contribution in [3.8, 4) is 0 Å². The summed E-state index contributed by atoms with van der Waals surface area (Å²) in [4.78, 5) is 18.6. The van der Waals surface area contributed by atoms with Crippen LogP contribution in [0.1, 0.15) is 18.3 Å². The molecule has 1 aromatic carbocycles. The fraction of sp³-hybridized carbons (Fsp3) is 0.444. The van der Waals surface area contributed by atoms with Crippen molar-refractivity contribution in [2.75, 3.05) is 19.7 Å². The number of morpholine rings is 1. The molecule has 0 aliphatic carbocycles. The molecule has 1 aromatic heterocycles. The minimum absolute atomic E-state index is 0.0650. The van der Waals surface area contributed by atoms with Gasteiger partial charge in [-0.05, 0) is 17.7 Å². The number of ether oxygens (including phenoxy) is 1. The van der Waals surface area contributed by atoms with E-state index in [-0.39, 0.29) is 17.8 Å². The number of carbonyl (C=O) groups excluding carboxylic acids is 1. The van der Waals surface area contributed by atoms with Crippen molar-refractivity contribution in [2.45, 2.75) is 32.4 Å². The summed E-state index contributed by atoms with van der Waals surface area (Å²) in [5.41, 5.74) is 0.886. The van der Waals surface area contributed by atoms with Gasteiger partial charge < -0.3 is 14.2 Å². The van der Waals surface area contributed by atoms with Gasteiger partial charge in [-0.25, -0.2) is 9.37 Å². The first-order chi connectivity index (χ1) is 11.7. The number of hydrogen-bond acceptors (Lipinski definition) is 3. The number of halogens is 1. The second kappa shape index (κ2) is 7.57. The largest absolute Gasteiger partial charge is 0.374 e. The van der Waals surface area contributed by atoms with Gasteiger partial charge in [-0.2, -0.15) is 0 Å². The van der Waals surface area contributed by atoms with Gasteiger partial charge in [0.25, 0.3) is 0 Å². The Balaban J connectivity index is 1.59. The maximum atomic E-state index is 13.3. The predicted molar refractivity (Wildman–Crippen MR) is 88.0 cm³/mol. The lowest BCUT2D eigenvalue weighted by molar-refractivity contribution is -0.139. The molecule has 0 saturated carbocycles. The summed E-state index contributed by atoms with van der Waals surface area (Å²) in [6, 6.07) is 6.52. The maximum Gasteiger partial charge on any atom is 0.242 e. The number of amides is 1. The van der Waals surface area contributed by atoms with Gasteiger partial charge in [-0.1, -0.05) is 19.1 Å². The third-order valence-corrected chi connectivity index (χ3v) is 4.27. The maximum absolute atomic E-state index is 13.3. The molecule has 6 heteroatoms. The van der Waals surface area contributed by atoms with E-state index < -0.39 is 0 Å². The molecule has 1 atom stereocenters. The Morgan fingerprint density at radius 1 is 1.46 bits per heavy atom. The zero-order valence-electron chi connectivity index (χ0n) is 13.8. The van der Waals surface area contributed by atoms with Gasteiger partial charge in [0, 0.05) is 38.3 Å². The zero-order valence-corrected chi connectivity index (χ0v) is 13.8. The molecule has 1 saturated heterocycles. The molecule has 3 rings (SSSR count). The van der Waals surface area contributed by atoms with E-state index in [1.807, 2.05) is 28.7 Å². The molecular weight excluding hydrogens is 309 g/mol. The summed E-state index contributed by atoms with van der Waals surface area (Å²) in [6.07, 6.45) is 4.86. The molecule has 0 radical (unpaired) electrons. The molecule has 0 spiro atoms. The van der Waals surface area contributed by atoms with Gasteiger partial charge in [0.15, 0.2) is 0 Å². The molecule has 0 N–H and O–H groups in total. The summed E-state index contributed by atoms with van der Waals surface area (Å²) in [7, 11) is 0. The molecular formula is C18H22FN3O2. The van der Waals surface area contributed by atoms with Crippen molar-refractivity contribution in [2.24, 2.45) is 0 Å². The Hall–Kier alpha value is -2.21. The average molecular weight is 331 g/mol. The Kier molecular flexibility index (Phi) is 5.25. The first-order valence-electron chi connectivity index (χ1n) is 8.29. The lowest BCUT2D eigenvalue weighted by Crippen LogP contribution is -2.47. The van der Waals surface area contributed by atoms with E-state index in [1.165, 1.54) is 12.1 Å². The molecule has 0 bridgehead atoms. The third kappa shape index (κ3) is 4.00. The van der Waals surface area contributed by atoms with E-state index >= 15 is 0 Å². The Labute approximate surface area is 141 Å². The van der Waals surface area contributed by atoms with Crippen LogP contribution in [0.4, 0.5) is 4.39 Å². The second-order valence-corrected chi connectivity index (χ2v) is 5.99. The number of aromatic nitrogens is 2. The van der Waals surface area contributed by atoms with Crippen molar-refractivity contribution in [1.29, 1.82) is 0 Å². The van der Waals surface area contributed by atoms with Gasteiger partial charge in [-0.3, -0.25) is 4.79 Å². The SMILES string of the molecule is CCc1nccn1CC(=O)N1CCOC(Cc2cccc(F)c2)C1. The molecule has 1 amide bonds. The molecule has 1 aliphatic rings. The number of imidazole rings is 1. The summed E-state index contributed by atoms with van der Waals surface area (Å²) in [6.45, 7) is 3.96. The van der Waals surface area contributed by atoms with Crippen molar-refractivity contribution >= 4 is 5.91 Å².